The number of hydrogen-bond donors (Lipinski definition) is 2. The zero-order chi connectivity index (χ0) is 14.3. The van der Waals surface area contributed by atoms with Gasteiger partial charge >= 0.3 is 5.97 Å². The molecule has 0 spiro atoms. The Hall–Kier alpha value is -1.88. The molecule has 0 saturated heterocycles. The fraction of sp³-hybridized carbons (Fsp3) is 0.429. The number of nitrogens with one attached hydrogen (secondary N) is 1. The minimum absolute atomic E-state index is 0.233. The Morgan fingerprint density at radius 1 is 1.26 bits per heavy atom. The molecule has 1 aromatic carbocycles. The first kappa shape index (κ1) is 15.2. The van der Waals surface area contributed by atoms with Crippen LogP contribution < -0.4 is 11.1 Å². The number of esters is 1. The van der Waals surface area contributed by atoms with Gasteiger partial charge in [0.25, 0.3) is 0 Å². The van der Waals surface area contributed by atoms with E-state index >= 15 is 0 Å². The Morgan fingerprint density at radius 2 is 1.89 bits per heavy atom. The van der Waals surface area contributed by atoms with Crippen LogP contribution in [0.15, 0.2) is 24.3 Å². The van der Waals surface area contributed by atoms with E-state index in [1.807, 2.05) is 13.8 Å². The number of carbonyl (C=O) groups is 2. The summed E-state index contributed by atoms with van der Waals surface area (Å²) in [6, 6.07) is 6.02. The molecule has 0 fully saturated rings. The maximum atomic E-state index is 11.6. The van der Waals surface area contributed by atoms with Crippen molar-refractivity contribution in [1.29, 1.82) is 0 Å². The largest absolute Gasteiger partial charge is 0.462 e. The minimum Gasteiger partial charge on any atom is -0.462 e. The molecule has 1 aromatic rings. The third-order valence-electron chi connectivity index (χ3n) is 2.60. The van der Waals surface area contributed by atoms with Crippen LogP contribution in [-0.2, 0) is 9.53 Å². The summed E-state index contributed by atoms with van der Waals surface area (Å²) in [5.41, 5.74) is 6.69. The Bertz CT molecular complexity index is 429. The van der Waals surface area contributed by atoms with E-state index in [4.69, 9.17) is 10.5 Å². The third-order valence-corrected chi connectivity index (χ3v) is 2.60. The van der Waals surface area contributed by atoms with Crippen LogP contribution in [0.1, 0.15) is 37.0 Å². The normalized spacial score (nSPS) is 11.7. The molecule has 1 amide bonds. The molecule has 5 heteroatoms. The van der Waals surface area contributed by atoms with Crippen molar-refractivity contribution in [1.82, 2.24) is 0 Å². The predicted molar refractivity (Wildman–Crippen MR) is 73.9 cm³/mol. The Balaban J connectivity index is 2.61. The van der Waals surface area contributed by atoms with Crippen molar-refractivity contribution in [3.05, 3.63) is 29.8 Å². The number of amides is 1. The summed E-state index contributed by atoms with van der Waals surface area (Å²) in [4.78, 5) is 23.1. The van der Waals surface area contributed by atoms with Gasteiger partial charge in [-0.05, 0) is 37.1 Å². The SMILES string of the molecule is CCCOC(=O)c1ccc(NC(=O)C(N)CC)cc1. The summed E-state index contributed by atoms with van der Waals surface area (Å²) in [6.07, 6.45) is 1.36. The van der Waals surface area contributed by atoms with Gasteiger partial charge < -0.3 is 15.8 Å². The average molecular weight is 264 g/mol. The van der Waals surface area contributed by atoms with Crippen molar-refractivity contribution in [2.75, 3.05) is 11.9 Å². The van der Waals surface area contributed by atoms with E-state index in [9.17, 15) is 9.59 Å². The van der Waals surface area contributed by atoms with E-state index in [2.05, 4.69) is 5.32 Å². The van der Waals surface area contributed by atoms with Gasteiger partial charge in [-0.15, -0.1) is 0 Å². The second-order valence-electron chi connectivity index (χ2n) is 4.22. The molecule has 104 valence electrons. The van der Waals surface area contributed by atoms with E-state index < -0.39 is 6.04 Å². The minimum atomic E-state index is -0.519. The number of anilines is 1. The van der Waals surface area contributed by atoms with Crippen LogP contribution in [0.4, 0.5) is 5.69 Å². The molecule has 1 unspecified atom stereocenters. The molecule has 1 rings (SSSR count). The van der Waals surface area contributed by atoms with E-state index in [1.54, 1.807) is 24.3 Å². The zero-order valence-corrected chi connectivity index (χ0v) is 11.3. The quantitative estimate of drug-likeness (QED) is 0.769. The molecular weight excluding hydrogens is 244 g/mol. The van der Waals surface area contributed by atoms with Gasteiger partial charge in [-0.1, -0.05) is 13.8 Å². The third kappa shape index (κ3) is 4.71. The van der Waals surface area contributed by atoms with Gasteiger partial charge in [0.05, 0.1) is 18.2 Å². The molecule has 1 atom stereocenters. The highest BCUT2D eigenvalue weighted by Crippen LogP contribution is 2.11. The van der Waals surface area contributed by atoms with Crippen molar-refractivity contribution in [3.63, 3.8) is 0 Å². The number of hydrogen-bond acceptors (Lipinski definition) is 4. The Morgan fingerprint density at radius 3 is 2.42 bits per heavy atom. The molecule has 3 N–H and O–H groups in total. The van der Waals surface area contributed by atoms with E-state index in [1.165, 1.54) is 0 Å². The summed E-state index contributed by atoms with van der Waals surface area (Å²) in [6.45, 7) is 4.18. The van der Waals surface area contributed by atoms with Gasteiger partial charge in [0.2, 0.25) is 5.91 Å². The summed E-state index contributed by atoms with van der Waals surface area (Å²) in [7, 11) is 0. The van der Waals surface area contributed by atoms with Crippen molar-refractivity contribution >= 4 is 17.6 Å². The predicted octanol–water partition coefficient (Wildman–Crippen LogP) is 1.93. The lowest BCUT2D eigenvalue weighted by atomic mass is 10.2. The highest BCUT2D eigenvalue weighted by Gasteiger charge is 2.11. The van der Waals surface area contributed by atoms with Gasteiger partial charge in [-0.2, -0.15) is 0 Å². The molecule has 5 nitrogen and oxygen atoms in total. The molecule has 0 heterocycles. The fourth-order valence-electron chi connectivity index (χ4n) is 1.39. The van der Waals surface area contributed by atoms with Crippen LogP contribution in [0, 0.1) is 0 Å². The van der Waals surface area contributed by atoms with Crippen LogP contribution in [-0.4, -0.2) is 24.5 Å². The van der Waals surface area contributed by atoms with Gasteiger partial charge in [-0.25, -0.2) is 4.79 Å². The molecule has 0 aliphatic carbocycles. The van der Waals surface area contributed by atoms with Crippen molar-refractivity contribution in [3.8, 4) is 0 Å². The van der Waals surface area contributed by atoms with Crippen molar-refractivity contribution in [2.24, 2.45) is 5.73 Å². The maximum absolute atomic E-state index is 11.6. The summed E-state index contributed by atoms with van der Waals surface area (Å²) < 4.78 is 5.01. The molecular formula is C14H20N2O3. The molecule has 0 bridgehead atoms. The Labute approximate surface area is 113 Å². The number of carbonyl (C=O) groups excluding carboxylic acids is 2. The first-order valence-corrected chi connectivity index (χ1v) is 6.42. The number of ether oxygens (including phenoxy) is 1. The topological polar surface area (TPSA) is 81.4 Å². The van der Waals surface area contributed by atoms with E-state index in [0.717, 1.165) is 6.42 Å². The number of rotatable bonds is 6. The summed E-state index contributed by atoms with van der Waals surface area (Å²) in [5, 5.41) is 2.69. The van der Waals surface area contributed by atoms with Gasteiger partial charge in [0, 0.05) is 5.69 Å². The zero-order valence-electron chi connectivity index (χ0n) is 11.3. The molecule has 0 radical (unpaired) electrons. The molecule has 0 saturated carbocycles. The molecule has 0 aromatic heterocycles. The molecule has 0 aliphatic rings. The van der Waals surface area contributed by atoms with Gasteiger partial charge in [0.15, 0.2) is 0 Å². The van der Waals surface area contributed by atoms with E-state index in [-0.39, 0.29) is 11.9 Å². The number of nitrogens with two attached hydrogens (primary N) is 1. The first-order valence-electron chi connectivity index (χ1n) is 6.42. The van der Waals surface area contributed by atoms with Gasteiger partial charge in [0.1, 0.15) is 0 Å². The lowest BCUT2D eigenvalue weighted by molar-refractivity contribution is -0.117. The summed E-state index contributed by atoms with van der Waals surface area (Å²) in [5.74, 6) is -0.589. The molecule has 19 heavy (non-hydrogen) atoms. The van der Waals surface area contributed by atoms with Gasteiger partial charge in [-0.3, -0.25) is 4.79 Å². The van der Waals surface area contributed by atoms with E-state index in [0.29, 0.717) is 24.3 Å². The fourth-order valence-corrected chi connectivity index (χ4v) is 1.39. The van der Waals surface area contributed by atoms with Crippen molar-refractivity contribution in [2.45, 2.75) is 32.7 Å². The summed E-state index contributed by atoms with van der Waals surface area (Å²) >= 11 is 0. The maximum Gasteiger partial charge on any atom is 0.338 e. The highest BCUT2D eigenvalue weighted by molar-refractivity contribution is 5.95. The second-order valence-corrected chi connectivity index (χ2v) is 4.22. The van der Waals surface area contributed by atoms with Crippen LogP contribution in [0.25, 0.3) is 0 Å². The molecule has 0 aliphatic heterocycles. The lowest BCUT2D eigenvalue weighted by Crippen LogP contribution is -2.34. The second kappa shape index (κ2) is 7.53. The standard InChI is InChI=1S/C14H20N2O3/c1-3-9-19-14(18)10-5-7-11(8-6-10)16-13(17)12(15)4-2/h5-8,12H,3-4,9,15H2,1-2H3,(H,16,17). The Kier molecular flexibility index (Phi) is 6.02. The average Bonchev–Trinajstić information content (AvgIpc) is 2.44. The van der Waals surface area contributed by atoms with Crippen LogP contribution in [0.2, 0.25) is 0 Å². The van der Waals surface area contributed by atoms with Crippen LogP contribution in [0.3, 0.4) is 0 Å². The monoisotopic (exact) mass is 264 g/mol. The van der Waals surface area contributed by atoms with Crippen LogP contribution >= 0.6 is 0 Å². The number of benzene rings is 1. The van der Waals surface area contributed by atoms with Crippen molar-refractivity contribution < 1.29 is 14.3 Å². The smallest absolute Gasteiger partial charge is 0.338 e. The highest BCUT2D eigenvalue weighted by atomic mass is 16.5. The lowest BCUT2D eigenvalue weighted by Gasteiger charge is -2.10. The van der Waals surface area contributed by atoms with Crippen LogP contribution in [0.5, 0.6) is 0 Å². The first-order chi connectivity index (χ1) is 9.08.